The van der Waals surface area contributed by atoms with Crippen molar-refractivity contribution in [2.45, 2.75) is 25.0 Å². The molecule has 10 heteroatoms. The molecule has 0 spiro atoms. The van der Waals surface area contributed by atoms with E-state index in [0.29, 0.717) is 22.1 Å². The van der Waals surface area contributed by atoms with Gasteiger partial charge in [-0.25, -0.2) is 19.7 Å². The normalized spacial score (nSPS) is 12.6. The van der Waals surface area contributed by atoms with Gasteiger partial charge in [0.2, 0.25) is 5.16 Å². The molecular formula is C14H15ClN6O2S. The van der Waals surface area contributed by atoms with E-state index in [0.717, 1.165) is 12.0 Å². The van der Waals surface area contributed by atoms with E-state index in [2.05, 4.69) is 19.9 Å². The Labute approximate surface area is 144 Å². The van der Waals surface area contributed by atoms with Crippen LogP contribution < -0.4 is 11.4 Å². The summed E-state index contributed by atoms with van der Waals surface area (Å²) in [7, 11) is -1.36. The van der Waals surface area contributed by atoms with Crippen molar-refractivity contribution in [3.63, 3.8) is 0 Å². The smallest absolute Gasteiger partial charge is 0.328 e. The van der Waals surface area contributed by atoms with Gasteiger partial charge in [0.1, 0.15) is 10.7 Å². The second-order valence-electron chi connectivity index (χ2n) is 5.15. The first-order chi connectivity index (χ1) is 11.5. The average molecular weight is 367 g/mol. The standard InChI is InChI=1S/C14H15ClN6O2S/c1-2-5-24(23)13-19-11(16)10-12(20-13)21(14(22)18-10)7-8-3-4-9(15)17-6-8/h3-4,6H,2,5,7H2,1H3,(H,18,22)(H2,16,19,20). The van der Waals surface area contributed by atoms with E-state index < -0.39 is 10.8 Å². The molecule has 0 saturated heterocycles. The zero-order valence-corrected chi connectivity index (χ0v) is 14.4. The lowest BCUT2D eigenvalue weighted by molar-refractivity contribution is 0.674. The maximum atomic E-state index is 12.2. The molecule has 3 aromatic rings. The number of hydrogen-bond acceptors (Lipinski definition) is 6. The number of nitrogens with zero attached hydrogens (tertiary/aromatic N) is 4. The van der Waals surface area contributed by atoms with Crippen LogP contribution >= 0.6 is 11.6 Å². The summed E-state index contributed by atoms with van der Waals surface area (Å²) >= 11 is 5.77. The molecule has 0 aromatic carbocycles. The van der Waals surface area contributed by atoms with Crippen molar-refractivity contribution in [1.82, 2.24) is 24.5 Å². The maximum Gasteiger partial charge on any atom is 0.328 e. The molecule has 1 atom stereocenters. The van der Waals surface area contributed by atoms with E-state index in [-0.39, 0.29) is 23.2 Å². The zero-order chi connectivity index (χ0) is 17.3. The number of fused-ring (bicyclic) bond motifs is 1. The highest BCUT2D eigenvalue weighted by Gasteiger charge is 2.16. The van der Waals surface area contributed by atoms with Crippen LogP contribution in [0, 0.1) is 0 Å². The number of nitrogens with one attached hydrogen (secondary N) is 1. The number of pyridine rings is 1. The molecule has 3 aromatic heterocycles. The topological polar surface area (TPSA) is 120 Å². The van der Waals surface area contributed by atoms with E-state index in [1.165, 1.54) is 4.57 Å². The minimum absolute atomic E-state index is 0.101. The van der Waals surface area contributed by atoms with Gasteiger partial charge in [-0.15, -0.1) is 0 Å². The highest BCUT2D eigenvalue weighted by atomic mass is 35.5. The van der Waals surface area contributed by atoms with Crippen molar-refractivity contribution in [1.29, 1.82) is 0 Å². The van der Waals surface area contributed by atoms with E-state index >= 15 is 0 Å². The van der Waals surface area contributed by atoms with Crippen LogP contribution in [0.4, 0.5) is 5.82 Å². The SMILES string of the molecule is CCCS(=O)c1nc(N)c2[nH]c(=O)n(Cc3ccc(Cl)nc3)c2n1. The summed E-state index contributed by atoms with van der Waals surface area (Å²) in [5, 5.41) is 0.498. The van der Waals surface area contributed by atoms with Gasteiger partial charge in [-0.2, -0.15) is 0 Å². The Morgan fingerprint density at radius 2 is 2.17 bits per heavy atom. The number of anilines is 1. The Bertz CT molecular complexity index is 966. The Balaban J connectivity index is 2.09. The predicted molar refractivity (Wildman–Crippen MR) is 92.5 cm³/mol. The first kappa shape index (κ1) is 16.6. The number of rotatable bonds is 5. The quantitative estimate of drug-likeness (QED) is 0.519. The molecule has 3 N–H and O–H groups in total. The highest BCUT2D eigenvalue weighted by molar-refractivity contribution is 7.84. The average Bonchev–Trinajstić information content (AvgIpc) is 2.87. The lowest BCUT2D eigenvalue weighted by Crippen LogP contribution is -2.18. The minimum Gasteiger partial charge on any atom is -0.382 e. The largest absolute Gasteiger partial charge is 0.382 e. The minimum atomic E-state index is -1.36. The van der Waals surface area contributed by atoms with Crippen LogP contribution in [0.2, 0.25) is 5.15 Å². The molecule has 8 nitrogen and oxygen atoms in total. The van der Waals surface area contributed by atoms with E-state index in [1.807, 2.05) is 6.92 Å². The molecule has 0 aliphatic carbocycles. The van der Waals surface area contributed by atoms with Crippen molar-refractivity contribution < 1.29 is 4.21 Å². The number of aromatic nitrogens is 5. The number of aromatic amines is 1. The molecule has 0 bridgehead atoms. The van der Waals surface area contributed by atoms with Gasteiger partial charge in [0.15, 0.2) is 11.5 Å². The van der Waals surface area contributed by atoms with Crippen molar-refractivity contribution in [3.8, 4) is 0 Å². The lowest BCUT2D eigenvalue weighted by Gasteiger charge is -2.05. The third-order valence-corrected chi connectivity index (χ3v) is 4.95. The summed E-state index contributed by atoms with van der Waals surface area (Å²) in [5.74, 6) is 0.533. The Morgan fingerprint density at radius 1 is 1.38 bits per heavy atom. The number of imidazole rings is 1. The first-order valence-corrected chi connectivity index (χ1v) is 8.94. The summed E-state index contributed by atoms with van der Waals surface area (Å²) < 4.78 is 13.6. The molecule has 0 aliphatic heterocycles. The van der Waals surface area contributed by atoms with E-state index in [1.54, 1.807) is 18.3 Å². The van der Waals surface area contributed by atoms with Crippen molar-refractivity contribution in [3.05, 3.63) is 39.5 Å². The summed E-state index contributed by atoms with van der Waals surface area (Å²) in [6.07, 6.45) is 2.30. The van der Waals surface area contributed by atoms with Crippen LogP contribution in [0.1, 0.15) is 18.9 Å². The molecule has 3 heterocycles. The van der Waals surface area contributed by atoms with Crippen molar-refractivity contribution in [2.24, 2.45) is 0 Å². The maximum absolute atomic E-state index is 12.2. The summed E-state index contributed by atoms with van der Waals surface area (Å²) in [6.45, 7) is 2.15. The monoisotopic (exact) mass is 366 g/mol. The fraction of sp³-hybridized carbons (Fsp3) is 0.286. The second kappa shape index (κ2) is 6.70. The van der Waals surface area contributed by atoms with Crippen LogP contribution in [0.3, 0.4) is 0 Å². The van der Waals surface area contributed by atoms with Gasteiger partial charge in [-0.05, 0) is 18.1 Å². The molecule has 1 unspecified atom stereocenters. The summed E-state index contributed by atoms with van der Waals surface area (Å²) in [4.78, 5) is 27.2. The van der Waals surface area contributed by atoms with Gasteiger partial charge < -0.3 is 10.7 Å². The number of nitrogens with two attached hydrogens (primary N) is 1. The van der Waals surface area contributed by atoms with E-state index in [9.17, 15) is 9.00 Å². The van der Waals surface area contributed by atoms with Gasteiger partial charge >= 0.3 is 5.69 Å². The Kier molecular flexibility index (Phi) is 4.63. The Hall–Kier alpha value is -2.26. The summed E-state index contributed by atoms with van der Waals surface area (Å²) in [5.41, 5.74) is 6.94. The third kappa shape index (κ3) is 3.17. The van der Waals surface area contributed by atoms with Crippen LogP contribution in [-0.2, 0) is 17.3 Å². The first-order valence-electron chi connectivity index (χ1n) is 7.24. The molecule has 0 amide bonds. The molecular weight excluding hydrogens is 352 g/mol. The number of nitrogen functional groups attached to an aromatic ring is 1. The Morgan fingerprint density at radius 3 is 2.83 bits per heavy atom. The molecule has 126 valence electrons. The molecule has 0 saturated carbocycles. The van der Waals surface area contributed by atoms with Crippen LogP contribution in [0.15, 0.2) is 28.3 Å². The molecule has 0 aliphatic rings. The molecule has 0 fully saturated rings. The van der Waals surface area contributed by atoms with Crippen LogP contribution in [0.25, 0.3) is 11.2 Å². The van der Waals surface area contributed by atoms with Crippen LogP contribution in [0.5, 0.6) is 0 Å². The van der Waals surface area contributed by atoms with Gasteiger partial charge in [0, 0.05) is 11.9 Å². The molecule has 24 heavy (non-hydrogen) atoms. The van der Waals surface area contributed by atoms with Gasteiger partial charge in [-0.3, -0.25) is 8.78 Å². The molecule has 0 radical (unpaired) electrons. The second-order valence-corrected chi connectivity index (χ2v) is 7.00. The fourth-order valence-corrected chi connectivity index (χ4v) is 3.29. The van der Waals surface area contributed by atoms with Gasteiger partial charge in [0.05, 0.1) is 17.3 Å². The predicted octanol–water partition coefficient (Wildman–Crippen LogP) is 1.32. The van der Waals surface area contributed by atoms with Gasteiger partial charge in [-0.1, -0.05) is 24.6 Å². The zero-order valence-electron chi connectivity index (χ0n) is 12.8. The van der Waals surface area contributed by atoms with Crippen LogP contribution in [-0.4, -0.2) is 34.5 Å². The van der Waals surface area contributed by atoms with E-state index in [4.69, 9.17) is 17.3 Å². The number of halogens is 1. The highest BCUT2D eigenvalue weighted by Crippen LogP contribution is 2.17. The molecule has 3 rings (SSSR count). The van der Waals surface area contributed by atoms with Crippen molar-refractivity contribution >= 4 is 39.4 Å². The fourth-order valence-electron chi connectivity index (χ4n) is 2.24. The number of H-pyrrole nitrogens is 1. The van der Waals surface area contributed by atoms with Crippen molar-refractivity contribution in [2.75, 3.05) is 11.5 Å². The lowest BCUT2D eigenvalue weighted by atomic mass is 10.3. The van der Waals surface area contributed by atoms with Gasteiger partial charge in [0.25, 0.3) is 0 Å². The third-order valence-electron chi connectivity index (χ3n) is 3.35. The number of hydrogen-bond donors (Lipinski definition) is 2. The summed E-state index contributed by atoms with van der Waals surface area (Å²) in [6, 6.07) is 3.41.